The highest BCUT2D eigenvalue weighted by Gasteiger charge is 2.33. The number of nitrogens with zero attached hydrogens (tertiary/aromatic N) is 2. The van der Waals surface area contributed by atoms with Crippen LogP contribution in [0.2, 0.25) is 0 Å². The van der Waals surface area contributed by atoms with Crippen LogP contribution in [0.25, 0.3) is 0 Å². The summed E-state index contributed by atoms with van der Waals surface area (Å²) in [6.45, 7) is 3.59. The summed E-state index contributed by atoms with van der Waals surface area (Å²) in [6.07, 6.45) is 2.75. The topological polar surface area (TPSA) is 86.8 Å². The maximum Gasteiger partial charge on any atom is 0.243 e. The number of hydrogen-bond donors (Lipinski definition) is 1. The van der Waals surface area contributed by atoms with E-state index in [2.05, 4.69) is 5.32 Å². The van der Waals surface area contributed by atoms with Crippen LogP contribution in [0.3, 0.4) is 0 Å². The number of aryl methyl sites for hydroxylation is 1. The van der Waals surface area contributed by atoms with Crippen LogP contribution < -0.4 is 10.2 Å². The Morgan fingerprint density at radius 3 is 2.59 bits per heavy atom. The van der Waals surface area contributed by atoms with Gasteiger partial charge in [-0.05, 0) is 56.0 Å². The van der Waals surface area contributed by atoms with E-state index in [1.54, 1.807) is 29.2 Å². The maximum absolute atomic E-state index is 13.0. The van der Waals surface area contributed by atoms with Gasteiger partial charge in [0.2, 0.25) is 21.8 Å². The Morgan fingerprint density at radius 1 is 1.09 bits per heavy atom. The van der Waals surface area contributed by atoms with E-state index in [9.17, 15) is 18.0 Å². The summed E-state index contributed by atoms with van der Waals surface area (Å²) in [5.74, 6) is -0.396. The summed E-state index contributed by atoms with van der Waals surface area (Å²) in [5, 5.41) is 2.95. The lowest BCUT2D eigenvalue weighted by molar-refractivity contribution is -0.126. The van der Waals surface area contributed by atoms with Crippen molar-refractivity contribution in [2.45, 2.75) is 44.0 Å². The number of nitrogens with one attached hydrogen (secondary N) is 1. The molecule has 32 heavy (non-hydrogen) atoms. The third-order valence-electron chi connectivity index (χ3n) is 6.18. The number of hydrogen-bond acceptors (Lipinski definition) is 4. The second-order valence-electron chi connectivity index (χ2n) is 8.55. The molecule has 1 N–H and O–H groups in total. The summed E-state index contributed by atoms with van der Waals surface area (Å²) in [4.78, 5) is 26.9. The van der Waals surface area contributed by atoms with Gasteiger partial charge in [-0.25, -0.2) is 8.42 Å². The fraction of sp³-hybridized carbons (Fsp3) is 0.417. The Morgan fingerprint density at radius 2 is 1.88 bits per heavy atom. The highest BCUT2D eigenvalue weighted by Crippen LogP contribution is 2.25. The van der Waals surface area contributed by atoms with E-state index in [1.165, 1.54) is 4.31 Å². The van der Waals surface area contributed by atoms with E-state index < -0.39 is 10.0 Å². The van der Waals surface area contributed by atoms with Gasteiger partial charge >= 0.3 is 0 Å². The van der Waals surface area contributed by atoms with Gasteiger partial charge in [-0.1, -0.05) is 29.8 Å². The summed E-state index contributed by atoms with van der Waals surface area (Å²) in [5.41, 5.74) is 2.76. The first-order valence-electron chi connectivity index (χ1n) is 11.1. The molecule has 2 aliphatic heterocycles. The molecule has 0 bridgehead atoms. The number of piperidine rings is 1. The second kappa shape index (κ2) is 9.42. The molecular formula is C24H29N3O4S. The van der Waals surface area contributed by atoms with Crippen LogP contribution in [0.4, 0.5) is 5.69 Å². The van der Waals surface area contributed by atoms with Crippen LogP contribution in [-0.2, 0) is 26.2 Å². The van der Waals surface area contributed by atoms with Gasteiger partial charge in [0, 0.05) is 38.3 Å². The zero-order valence-corrected chi connectivity index (χ0v) is 19.1. The molecule has 2 aromatic rings. The summed E-state index contributed by atoms with van der Waals surface area (Å²) in [7, 11) is -3.62. The van der Waals surface area contributed by atoms with Crippen molar-refractivity contribution in [1.29, 1.82) is 0 Å². The molecule has 8 heteroatoms. The van der Waals surface area contributed by atoms with Crippen molar-refractivity contribution in [3.8, 4) is 0 Å². The molecule has 0 aromatic heterocycles. The van der Waals surface area contributed by atoms with Crippen LogP contribution in [-0.4, -0.2) is 44.2 Å². The van der Waals surface area contributed by atoms with E-state index in [-0.39, 0.29) is 29.2 Å². The normalized spacial score (nSPS) is 19.8. The van der Waals surface area contributed by atoms with Crippen molar-refractivity contribution in [3.05, 3.63) is 59.7 Å². The van der Waals surface area contributed by atoms with Crippen molar-refractivity contribution in [2.75, 3.05) is 24.5 Å². The van der Waals surface area contributed by atoms with E-state index in [0.717, 1.165) is 29.8 Å². The Labute approximate surface area is 189 Å². The molecule has 0 radical (unpaired) electrons. The lowest BCUT2D eigenvalue weighted by atomic mass is 9.98. The van der Waals surface area contributed by atoms with Gasteiger partial charge in [0.15, 0.2) is 0 Å². The molecule has 2 saturated heterocycles. The van der Waals surface area contributed by atoms with E-state index in [1.807, 2.05) is 31.2 Å². The molecule has 0 spiro atoms. The molecule has 2 amide bonds. The molecule has 2 aliphatic rings. The number of anilines is 1. The van der Waals surface area contributed by atoms with Crippen LogP contribution in [0.15, 0.2) is 53.4 Å². The quantitative estimate of drug-likeness (QED) is 0.726. The van der Waals surface area contributed by atoms with E-state index in [0.29, 0.717) is 32.4 Å². The summed E-state index contributed by atoms with van der Waals surface area (Å²) < 4.78 is 27.4. The third-order valence-corrected chi connectivity index (χ3v) is 8.06. The molecule has 2 aromatic carbocycles. The maximum atomic E-state index is 13.0. The van der Waals surface area contributed by atoms with Gasteiger partial charge in [0.25, 0.3) is 0 Å². The summed E-state index contributed by atoms with van der Waals surface area (Å²) in [6, 6.07) is 14.4. The molecular weight excluding hydrogens is 426 g/mol. The second-order valence-corrected chi connectivity index (χ2v) is 10.5. The van der Waals surface area contributed by atoms with Crippen molar-refractivity contribution < 1.29 is 18.0 Å². The number of rotatable bonds is 6. The number of sulfonamides is 1. The molecule has 170 valence electrons. The Bertz CT molecular complexity index is 1100. The third kappa shape index (κ3) is 4.86. The zero-order valence-electron chi connectivity index (χ0n) is 18.3. The Balaban J connectivity index is 1.38. The zero-order chi connectivity index (χ0) is 22.7. The molecule has 2 fully saturated rings. The number of amides is 2. The van der Waals surface area contributed by atoms with E-state index >= 15 is 0 Å². The van der Waals surface area contributed by atoms with Gasteiger partial charge in [0.05, 0.1) is 10.8 Å². The largest absolute Gasteiger partial charge is 0.352 e. The first kappa shape index (κ1) is 22.5. The molecule has 0 aliphatic carbocycles. The lowest BCUT2D eigenvalue weighted by Gasteiger charge is -2.31. The molecule has 1 unspecified atom stereocenters. The van der Waals surface area contributed by atoms with Crippen LogP contribution in [0.1, 0.15) is 36.8 Å². The first-order valence-corrected chi connectivity index (χ1v) is 12.5. The monoisotopic (exact) mass is 455 g/mol. The predicted molar refractivity (Wildman–Crippen MR) is 123 cm³/mol. The molecule has 4 rings (SSSR count). The van der Waals surface area contributed by atoms with Crippen LogP contribution in [0.5, 0.6) is 0 Å². The van der Waals surface area contributed by atoms with Crippen molar-refractivity contribution >= 4 is 27.5 Å². The fourth-order valence-corrected chi connectivity index (χ4v) is 5.85. The van der Waals surface area contributed by atoms with Gasteiger partial charge in [0.1, 0.15) is 0 Å². The van der Waals surface area contributed by atoms with Gasteiger partial charge in [-0.3, -0.25) is 9.59 Å². The van der Waals surface area contributed by atoms with Crippen LogP contribution in [0, 0.1) is 12.8 Å². The average molecular weight is 456 g/mol. The molecule has 1 atom stereocenters. The van der Waals surface area contributed by atoms with Gasteiger partial charge in [-0.15, -0.1) is 0 Å². The van der Waals surface area contributed by atoms with Crippen molar-refractivity contribution in [3.63, 3.8) is 0 Å². The first-order chi connectivity index (χ1) is 15.3. The number of benzene rings is 2. The highest BCUT2D eigenvalue weighted by atomic mass is 32.2. The highest BCUT2D eigenvalue weighted by molar-refractivity contribution is 7.89. The summed E-state index contributed by atoms with van der Waals surface area (Å²) >= 11 is 0. The minimum absolute atomic E-state index is 0.128. The standard InChI is InChI=1S/C24H29N3O4S/c1-18-9-11-22(12-10-18)32(30,31)26-13-3-6-20(17-26)24(29)25-16-19-5-2-7-21(15-19)27-14-4-8-23(27)28/h2,5,7,9-12,15,20H,3-4,6,8,13-14,16-17H2,1H3,(H,25,29). The van der Waals surface area contributed by atoms with E-state index in [4.69, 9.17) is 0 Å². The Hall–Kier alpha value is -2.71. The molecule has 2 heterocycles. The van der Waals surface area contributed by atoms with Crippen molar-refractivity contribution in [2.24, 2.45) is 5.92 Å². The SMILES string of the molecule is Cc1ccc(S(=O)(=O)N2CCCC(C(=O)NCc3cccc(N4CCCC4=O)c3)C2)cc1. The number of carbonyl (C=O) groups is 2. The average Bonchev–Trinajstić information content (AvgIpc) is 3.24. The molecule has 0 saturated carbocycles. The minimum atomic E-state index is -3.62. The minimum Gasteiger partial charge on any atom is -0.352 e. The fourth-order valence-electron chi connectivity index (χ4n) is 4.32. The predicted octanol–water partition coefficient (Wildman–Crippen LogP) is 2.84. The van der Waals surface area contributed by atoms with Crippen LogP contribution >= 0.6 is 0 Å². The van der Waals surface area contributed by atoms with Crippen molar-refractivity contribution in [1.82, 2.24) is 9.62 Å². The molecule has 7 nitrogen and oxygen atoms in total. The van der Waals surface area contributed by atoms with Gasteiger partial charge in [-0.2, -0.15) is 4.31 Å². The van der Waals surface area contributed by atoms with Gasteiger partial charge < -0.3 is 10.2 Å². The number of carbonyl (C=O) groups excluding carboxylic acids is 2. The smallest absolute Gasteiger partial charge is 0.243 e. The Kier molecular flexibility index (Phi) is 6.62. The lowest BCUT2D eigenvalue weighted by Crippen LogP contribution is -2.45.